The highest BCUT2D eigenvalue weighted by Crippen LogP contribution is 2.25. The van der Waals surface area contributed by atoms with Gasteiger partial charge in [0, 0.05) is 6.07 Å². The maximum Gasteiger partial charge on any atom is 0.414 e. The molecule has 1 aromatic carbocycles. The van der Waals surface area contributed by atoms with Gasteiger partial charge in [0.2, 0.25) is 0 Å². The summed E-state index contributed by atoms with van der Waals surface area (Å²) < 4.78 is 31.1. The van der Waals surface area contributed by atoms with Crippen molar-refractivity contribution in [3.8, 4) is 0 Å². The smallest absolute Gasteiger partial charge is 0.414 e. The van der Waals surface area contributed by atoms with Crippen LogP contribution in [0.5, 0.6) is 0 Å². The molecule has 2 rings (SSSR count). The second-order valence-electron chi connectivity index (χ2n) is 3.35. The van der Waals surface area contributed by atoms with Gasteiger partial charge in [-0.1, -0.05) is 0 Å². The highest BCUT2D eigenvalue weighted by atomic mass is 19.1. The van der Waals surface area contributed by atoms with Crippen molar-refractivity contribution in [1.29, 1.82) is 0 Å². The van der Waals surface area contributed by atoms with E-state index in [0.29, 0.717) is 6.07 Å². The number of carbonyl (C=O) groups excluding carboxylic acids is 1. The summed E-state index contributed by atoms with van der Waals surface area (Å²) in [5.41, 5.74) is -0.993. The Morgan fingerprint density at radius 3 is 2.59 bits per heavy atom. The van der Waals surface area contributed by atoms with E-state index < -0.39 is 29.3 Å². The molecule has 1 aromatic rings. The fourth-order valence-corrected chi connectivity index (χ4v) is 1.52. The zero-order valence-electron chi connectivity index (χ0n) is 8.44. The lowest BCUT2D eigenvalue weighted by molar-refractivity contribution is 0.0691. The number of aromatic carboxylic acids is 1. The number of carbonyl (C=O) groups is 2. The van der Waals surface area contributed by atoms with Crippen LogP contribution >= 0.6 is 0 Å². The Bertz CT molecular complexity index is 503. The van der Waals surface area contributed by atoms with E-state index in [0.717, 1.165) is 11.0 Å². The van der Waals surface area contributed by atoms with E-state index in [2.05, 4.69) is 4.74 Å². The molecule has 0 radical (unpaired) electrons. The van der Waals surface area contributed by atoms with Crippen molar-refractivity contribution in [2.75, 3.05) is 18.1 Å². The molecule has 1 aliphatic heterocycles. The van der Waals surface area contributed by atoms with Crippen LogP contribution in [0.3, 0.4) is 0 Å². The van der Waals surface area contributed by atoms with Crippen molar-refractivity contribution in [3.05, 3.63) is 29.3 Å². The van der Waals surface area contributed by atoms with Crippen LogP contribution in [0.25, 0.3) is 0 Å². The average molecular weight is 243 g/mol. The topological polar surface area (TPSA) is 66.8 Å². The quantitative estimate of drug-likeness (QED) is 0.857. The first-order valence-electron chi connectivity index (χ1n) is 4.67. The Kier molecular flexibility index (Phi) is 2.66. The molecule has 0 saturated carbocycles. The fraction of sp³-hybridized carbons (Fsp3) is 0.200. The van der Waals surface area contributed by atoms with Gasteiger partial charge >= 0.3 is 12.1 Å². The van der Waals surface area contributed by atoms with E-state index in [1.807, 2.05) is 0 Å². The Labute approximate surface area is 94.2 Å². The average Bonchev–Trinajstić information content (AvgIpc) is 2.64. The second-order valence-corrected chi connectivity index (χ2v) is 3.35. The summed E-state index contributed by atoms with van der Waals surface area (Å²) in [6.45, 7) is 0.179. The lowest BCUT2D eigenvalue weighted by Crippen LogP contribution is -2.25. The Balaban J connectivity index is 2.50. The largest absolute Gasteiger partial charge is 0.478 e. The summed E-state index contributed by atoms with van der Waals surface area (Å²) in [4.78, 5) is 22.8. The number of halogens is 2. The number of rotatable bonds is 2. The van der Waals surface area contributed by atoms with Crippen LogP contribution in [-0.2, 0) is 4.74 Å². The van der Waals surface area contributed by atoms with Crippen LogP contribution in [0.1, 0.15) is 10.4 Å². The first kappa shape index (κ1) is 11.3. The van der Waals surface area contributed by atoms with Crippen molar-refractivity contribution in [2.45, 2.75) is 0 Å². The number of carboxylic acids is 1. The first-order valence-corrected chi connectivity index (χ1v) is 4.67. The van der Waals surface area contributed by atoms with Gasteiger partial charge in [0.05, 0.1) is 17.8 Å². The number of benzene rings is 1. The Morgan fingerprint density at radius 2 is 2.06 bits per heavy atom. The van der Waals surface area contributed by atoms with Crippen molar-refractivity contribution in [3.63, 3.8) is 0 Å². The minimum absolute atomic E-state index is 0.0814. The zero-order valence-corrected chi connectivity index (χ0v) is 8.44. The van der Waals surface area contributed by atoms with Crippen molar-refractivity contribution >= 4 is 17.7 Å². The maximum absolute atomic E-state index is 13.4. The van der Waals surface area contributed by atoms with Crippen LogP contribution < -0.4 is 4.90 Å². The van der Waals surface area contributed by atoms with E-state index in [1.165, 1.54) is 0 Å². The summed E-state index contributed by atoms with van der Waals surface area (Å²) >= 11 is 0. The molecule has 90 valence electrons. The van der Waals surface area contributed by atoms with Crippen molar-refractivity contribution < 1.29 is 28.2 Å². The number of nitrogens with zero attached hydrogens (tertiary/aromatic N) is 1. The summed E-state index contributed by atoms with van der Waals surface area (Å²) in [5.74, 6) is -3.73. The summed E-state index contributed by atoms with van der Waals surface area (Å²) in [6.07, 6.45) is -0.785. The van der Waals surface area contributed by atoms with Gasteiger partial charge in [-0.15, -0.1) is 0 Å². The molecule has 1 heterocycles. The lowest BCUT2D eigenvalue weighted by atomic mass is 10.1. The molecule has 0 unspecified atom stereocenters. The number of hydrogen-bond donors (Lipinski definition) is 1. The van der Waals surface area contributed by atoms with Crippen molar-refractivity contribution in [2.24, 2.45) is 0 Å². The van der Waals surface area contributed by atoms with E-state index >= 15 is 0 Å². The standard InChI is InChI=1S/C10H7F2NO4/c11-6-4-7(12)8(3-5(6)9(14)15)13-1-2-17-10(13)16/h3-4H,1-2H2,(H,14,15). The molecule has 7 heteroatoms. The molecule has 0 aromatic heterocycles. The maximum atomic E-state index is 13.4. The third kappa shape index (κ3) is 1.91. The van der Waals surface area contributed by atoms with Gasteiger partial charge in [-0.3, -0.25) is 4.90 Å². The molecule has 1 fully saturated rings. The predicted octanol–water partition coefficient (Wildman–Crippen LogP) is 1.62. The second kappa shape index (κ2) is 4.00. The monoisotopic (exact) mass is 243 g/mol. The summed E-state index contributed by atoms with van der Waals surface area (Å²) in [5, 5.41) is 8.69. The van der Waals surface area contributed by atoms with E-state index in [-0.39, 0.29) is 18.8 Å². The third-order valence-corrected chi connectivity index (χ3v) is 2.32. The summed E-state index contributed by atoms with van der Waals surface area (Å²) in [7, 11) is 0. The lowest BCUT2D eigenvalue weighted by Gasteiger charge is -2.14. The third-order valence-electron chi connectivity index (χ3n) is 2.32. The molecule has 1 saturated heterocycles. The number of cyclic esters (lactones) is 1. The van der Waals surface area contributed by atoms with Crippen LogP contribution in [-0.4, -0.2) is 30.3 Å². The van der Waals surface area contributed by atoms with E-state index in [9.17, 15) is 18.4 Å². The molecule has 1 N–H and O–H groups in total. The molecular weight excluding hydrogens is 236 g/mol. The number of hydrogen-bond acceptors (Lipinski definition) is 3. The minimum atomic E-state index is -1.53. The molecule has 0 spiro atoms. The van der Waals surface area contributed by atoms with Crippen LogP contribution in [0, 0.1) is 11.6 Å². The van der Waals surface area contributed by atoms with Crippen LogP contribution in [0.2, 0.25) is 0 Å². The predicted molar refractivity (Wildman–Crippen MR) is 52.0 cm³/mol. The molecule has 0 aliphatic carbocycles. The van der Waals surface area contributed by atoms with Crippen LogP contribution in [0.4, 0.5) is 19.3 Å². The van der Waals surface area contributed by atoms with Gasteiger partial charge in [-0.2, -0.15) is 0 Å². The van der Waals surface area contributed by atoms with Crippen molar-refractivity contribution in [1.82, 2.24) is 0 Å². The Hall–Kier alpha value is -2.18. The minimum Gasteiger partial charge on any atom is -0.478 e. The number of ether oxygens (including phenoxy) is 1. The van der Waals surface area contributed by atoms with Gasteiger partial charge < -0.3 is 9.84 Å². The van der Waals surface area contributed by atoms with E-state index in [1.54, 1.807) is 0 Å². The van der Waals surface area contributed by atoms with Gasteiger partial charge in [-0.05, 0) is 6.07 Å². The molecular formula is C10H7F2NO4. The summed E-state index contributed by atoms with van der Waals surface area (Å²) in [6, 6.07) is 1.21. The van der Waals surface area contributed by atoms with Gasteiger partial charge in [0.1, 0.15) is 18.2 Å². The molecule has 1 amide bonds. The molecule has 0 atom stereocenters. The normalized spacial score (nSPS) is 14.9. The highest BCUT2D eigenvalue weighted by molar-refractivity contribution is 5.93. The number of carboxylic acid groups (broad SMARTS) is 1. The number of anilines is 1. The first-order chi connectivity index (χ1) is 8.00. The fourth-order valence-electron chi connectivity index (χ4n) is 1.52. The molecule has 0 bridgehead atoms. The SMILES string of the molecule is O=C(O)c1cc(N2CCOC2=O)c(F)cc1F. The molecule has 5 nitrogen and oxygen atoms in total. The van der Waals surface area contributed by atoms with E-state index in [4.69, 9.17) is 5.11 Å². The Morgan fingerprint density at radius 1 is 1.35 bits per heavy atom. The molecule has 1 aliphatic rings. The van der Waals surface area contributed by atoms with Gasteiger partial charge in [0.15, 0.2) is 0 Å². The zero-order chi connectivity index (χ0) is 12.6. The van der Waals surface area contributed by atoms with Crippen LogP contribution in [0.15, 0.2) is 12.1 Å². The number of amides is 1. The molecule has 17 heavy (non-hydrogen) atoms. The van der Waals surface area contributed by atoms with Gasteiger partial charge in [0.25, 0.3) is 0 Å². The highest BCUT2D eigenvalue weighted by Gasteiger charge is 2.28. The van der Waals surface area contributed by atoms with Gasteiger partial charge in [-0.25, -0.2) is 18.4 Å².